The largest absolute Gasteiger partial charge is 0.493 e. The third-order valence-electron chi connectivity index (χ3n) is 5.44. The van der Waals surface area contributed by atoms with Gasteiger partial charge in [0.15, 0.2) is 0 Å². The molecule has 20 heavy (non-hydrogen) atoms. The number of fused-ring (bicyclic) bond motifs is 2. The van der Waals surface area contributed by atoms with Gasteiger partial charge in [0.25, 0.3) is 0 Å². The molecule has 3 aliphatic rings. The normalized spacial score (nSPS) is 37.5. The second kappa shape index (κ2) is 4.47. The fourth-order valence-electron chi connectivity index (χ4n) is 4.39. The summed E-state index contributed by atoms with van der Waals surface area (Å²) < 4.78 is 11.7. The van der Waals surface area contributed by atoms with Crippen LogP contribution < -0.4 is 10.1 Å². The van der Waals surface area contributed by atoms with E-state index in [1.165, 1.54) is 12.0 Å². The summed E-state index contributed by atoms with van der Waals surface area (Å²) in [6.45, 7) is 6.42. The molecular formula is C17H23NO2. The summed E-state index contributed by atoms with van der Waals surface area (Å²) in [5, 5.41) is 3.91. The fourth-order valence-corrected chi connectivity index (χ4v) is 4.39. The fraction of sp³-hybridized carbons (Fsp3) is 0.647. The van der Waals surface area contributed by atoms with Crippen molar-refractivity contribution < 1.29 is 9.47 Å². The molecule has 0 aromatic heterocycles. The Bertz CT molecular complexity index is 513. The minimum Gasteiger partial charge on any atom is -0.493 e. The zero-order valence-electron chi connectivity index (χ0n) is 12.3. The first-order valence-corrected chi connectivity index (χ1v) is 7.77. The zero-order chi connectivity index (χ0) is 13.7. The first kappa shape index (κ1) is 12.7. The molecule has 108 valence electrons. The van der Waals surface area contributed by atoms with Crippen molar-refractivity contribution >= 4 is 0 Å². The highest BCUT2D eigenvalue weighted by Crippen LogP contribution is 2.53. The van der Waals surface area contributed by atoms with Gasteiger partial charge in [0.05, 0.1) is 12.7 Å². The van der Waals surface area contributed by atoms with Gasteiger partial charge in [0, 0.05) is 42.0 Å². The number of hydrogen-bond donors (Lipinski definition) is 1. The summed E-state index contributed by atoms with van der Waals surface area (Å²) in [4.78, 5) is 0. The van der Waals surface area contributed by atoms with Crippen LogP contribution in [0.15, 0.2) is 24.3 Å². The van der Waals surface area contributed by atoms with E-state index >= 15 is 0 Å². The van der Waals surface area contributed by atoms with Gasteiger partial charge in [0.1, 0.15) is 5.75 Å². The predicted molar refractivity (Wildman–Crippen MR) is 77.8 cm³/mol. The molecule has 2 heterocycles. The van der Waals surface area contributed by atoms with E-state index in [0.717, 1.165) is 25.4 Å². The first-order valence-electron chi connectivity index (χ1n) is 7.77. The van der Waals surface area contributed by atoms with Gasteiger partial charge < -0.3 is 14.8 Å². The topological polar surface area (TPSA) is 30.5 Å². The van der Waals surface area contributed by atoms with Gasteiger partial charge in [-0.15, -0.1) is 0 Å². The van der Waals surface area contributed by atoms with Gasteiger partial charge in [-0.05, 0) is 12.5 Å². The van der Waals surface area contributed by atoms with Crippen LogP contribution in [-0.4, -0.2) is 25.4 Å². The van der Waals surface area contributed by atoms with Crippen LogP contribution in [0.2, 0.25) is 0 Å². The molecule has 3 nitrogen and oxygen atoms in total. The van der Waals surface area contributed by atoms with Gasteiger partial charge in [-0.2, -0.15) is 0 Å². The second-order valence-electron chi connectivity index (χ2n) is 6.94. The van der Waals surface area contributed by atoms with Crippen molar-refractivity contribution in [3.63, 3.8) is 0 Å². The Balaban J connectivity index is 1.56. The zero-order valence-corrected chi connectivity index (χ0v) is 12.3. The van der Waals surface area contributed by atoms with E-state index in [1.807, 2.05) is 0 Å². The number of ether oxygens (including phenoxy) is 2. The van der Waals surface area contributed by atoms with Crippen molar-refractivity contribution in [2.45, 2.75) is 44.9 Å². The predicted octanol–water partition coefficient (Wildman–Crippen LogP) is 2.91. The van der Waals surface area contributed by atoms with Crippen molar-refractivity contribution in [3.05, 3.63) is 29.8 Å². The second-order valence-corrected chi connectivity index (χ2v) is 6.94. The summed E-state index contributed by atoms with van der Waals surface area (Å²) in [7, 11) is 0. The lowest BCUT2D eigenvalue weighted by atomic mass is 9.57. The number of hydrogen-bond acceptors (Lipinski definition) is 3. The molecule has 0 amide bonds. The Labute approximate surface area is 120 Å². The first-order chi connectivity index (χ1) is 9.68. The molecule has 1 aromatic carbocycles. The van der Waals surface area contributed by atoms with Crippen LogP contribution in [0.4, 0.5) is 0 Å². The third kappa shape index (κ3) is 1.73. The van der Waals surface area contributed by atoms with E-state index in [2.05, 4.69) is 43.4 Å². The van der Waals surface area contributed by atoms with E-state index in [1.54, 1.807) is 0 Å². The molecule has 0 radical (unpaired) electrons. The summed E-state index contributed by atoms with van der Waals surface area (Å²) in [5.41, 5.74) is 1.56. The van der Waals surface area contributed by atoms with E-state index in [4.69, 9.17) is 9.47 Å². The highest BCUT2D eigenvalue weighted by atomic mass is 16.5. The average molecular weight is 273 g/mol. The van der Waals surface area contributed by atoms with Crippen LogP contribution in [0.3, 0.4) is 0 Å². The lowest BCUT2D eigenvalue weighted by molar-refractivity contribution is -0.116. The molecule has 4 unspecified atom stereocenters. The van der Waals surface area contributed by atoms with Gasteiger partial charge in [-0.1, -0.05) is 32.0 Å². The van der Waals surface area contributed by atoms with Crippen molar-refractivity contribution in [1.29, 1.82) is 0 Å². The number of para-hydroxylation sites is 1. The van der Waals surface area contributed by atoms with Crippen molar-refractivity contribution in [2.75, 3.05) is 13.2 Å². The van der Waals surface area contributed by atoms with Crippen molar-refractivity contribution in [3.8, 4) is 5.75 Å². The van der Waals surface area contributed by atoms with Crippen molar-refractivity contribution in [2.24, 2.45) is 11.3 Å². The molecule has 0 bridgehead atoms. The SMILES string of the molecule is CC1(C)C(NC2CCOc3ccccc32)C2CCOC21. The summed E-state index contributed by atoms with van der Waals surface area (Å²) in [6, 6.07) is 9.42. The van der Waals surface area contributed by atoms with E-state index in [-0.39, 0.29) is 5.41 Å². The molecule has 4 atom stereocenters. The Morgan fingerprint density at radius 2 is 2.00 bits per heavy atom. The van der Waals surface area contributed by atoms with Gasteiger partial charge >= 0.3 is 0 Å². The molecule has 1 saturated carbocycles. The Morgan fingerprint density at radius 3 is 2.90 bits per heavy atom. The van der Waals surface area contributed by atoms with Crippen LogP contribution in [0.1, 0.15) is 38.3 Å². The summed E-state index contributed by atoms with van der Waals surface area (Å²) in [6.07, 6.45) is 2.72. The number of rotatable bonds is 2. The highest BCUT2D eigenvalue weighted by molar-refractivity contribution is 5.37. The minimum absolute atomic E-state index is 0.244. The Hall–Kier alpha value is -1.06. The standard InChI is InChI=1S/C17H23NO2/c1-17(2)15(12-7-9-20-16(12)17)18-13-8-10-19-14-6-4-3-5-11(13)14/h3-6,12-13,15-16,18H,7-10H2,1-2H3. The Kier molecular flexibility index (Phi) is 2.83. The summed E-state index contributed by atoms with van der Waals surface area (Å²) >= 11 is 0. The van der Waals surface area contributed by atoms with E-state index in [9.17, 15) is 0 Å². The van der Waals surface area contributed by atoms with E-state index < -0.39 is 0 Å². The maximum atomic E-state index is 5.89. The van der Waals surface area contributed by atoms with Crippen LogP contribution >= 0.6 is 0 Å². The molecule has 2 aliphatic heterocycles. The maximum absolute atomic E-state index is 5.89. The van der Waals surface area contributed by atoms with Crippen LogP contribution in [0.25, 0.3) is 0 Å². The quantitative estimate of drug-likeness (QED) is 0.898. The lowest BCUT2D eigenvalue weighted by Crippen LogP contribution is -2.66. The average Bonchev–Trinajstić information content (AvgIpc) is 2.92. The molecule has 1 N–H and O–H groups in total. The van der Waals surface area contributed by atoms with Crippen LogP contribution in [0.5, 0.6) is 5.75 Å². The molecule has 0 spiro atoms. The van der Waals surface area contributed by atoms with Gasteiger partial charge in [-0.3, -0.25) is 0 Å². The van der Waals surface area contributed by atoms with Gasteiger partial charge in [-0.25, -0.2) is 0 Å². The summed E-state index contributed by atoms with van der Waals surface area (Å²) in [5.74, 6) is 1.74. The molecule has 4 rings (SSSR count). The lowest BCUT2D eigenvalue weighted by Gasteiger charge is -2.56. The molecule has 1 aliphatic carbocycles. The highest BCUT2D eigenvalue weighted by Gasteiger charge is 2.59. The Morgan fingerprint density at radius 1 is 1.15 bits per heavy atom. The monoisotopic (exact) mass is 273 g/mol. The number of benzene rings is 1. The molecule has 1 aromatic rings. The molecule has 1 saturated heterocycles. The van der Waals surface area contributed by atoms with Crippen LogP contribution in [0, 0.1) is 11.3 Å². The number of nitrogens with one attached hydrogen (secondary N) is 1. The van der Waals surface area contributed by atoms with E-state index in [0.29, 0.717) is 24.1 Å². The minimum atomic E-state index is 0.244. The molecule has 2 fully saturated rings. The molecular weight excluding hydrogens is 250 g/mol. The van der Waals surface area contributed by atoms with Gasteiger partial charge in [0.2, 0.25) is 0 Å². The van der Waals surface area contributed by atoms with Crippen molar-refractivity contribution in [1.82, 2.24) is 5.32 Å². The third-order valence-corrected chi connectivity index (χ3v) is 5.44. The molecule has 3 heteroatoms. The maximum Gasteiger partial charge on any atom is 0.124 e. The smallest absolute Gasteiger partial charge is 0.124 e. The van der Waals surface area contributed by atoms with Crippen LogP contribution in [-0.2, 0) is 4.74 Å².